The Morgan fingerprint density at radius 3 is 1.77 bits per heavy atom. The summed E-state index contributed by atoms with van der Waals surface area (Å²) >= 11 is 0. The molecule has 4 rings (SSSR count). The molecule has 0 fully saturated rings. The zero-order valence-electron chi connectivity index (χ0n) is 20.8. The van der Waals surface area contributed by atoms with Crippen molar-refractivity contribution in [3.63, 3.8) is 0 Å². The van der Waals surface area contributed by atoms with E-state index in [0.29, 0.717) is 12.1 Å². The Morgan fingerprint density at radius 1 is 0.743 bits per heavy atom. The number of anilines is 2. The number of aliphatic hydroxyl groups is 1. The maximum absolute atomic E-state index is 9.02. The molecule has 0 bridgehead atoms. The van der Waals surface area contributed by atoms with E-state index in [1.807, 2.05) is 18.2 Å². The predicted molar refractivity (Wildman–Crippen MR) is 149 cm³/mol. The minimum Gasteiger partial charge on any atom is -0.392 e. The number of rotatable bonds is 9. The maximum Gasteiger partial charge on any atom is 0.138 e. The molecule has 4 N–H and O–H groups in total. The molecule has 5 heteroatoms. The molecule has 0 saturated carbocycles. The summed E-state index contributed by atoms with van der Waals surface area (Å²) in [5.74, 6) is 0.821. The van der Waals surface area contributed by atoms with Crippen LogP contribution in [0.1, 0.15) is 33.3 Å². The topological polar surface area (TPSA) is 73.0 Å². The molecule has 0 unspecified atom stereocenters. The summed E-state index contributed by atoms with van der Waals surface area (Å²) in [7, 11) is 0. The van der Waals surface area contributed by atoms with Crippen LogP contribution in [0.15, 0.2) is 78.9 Å². The molecule has 0 amide bonds. The van der Waals surface area contributed by atoms with E-state index >= 15 is 0 Å². The van der Waals surface area contributed by atoms with E-state index in [-0.39, 0.29) is 6.61 Å². The monoisotopic (exact) mass is 466 g/mol. The highest BCUT2D eigenvalue weighted by Gasteiger charge is 2.16. The van der Waals surface area contributed by atoms with Gasteiger partial charge in [0.05, 0.1) is 18.0 Å². The Labute approximate surface area is 208 Å². The van der Waals surface area contributed by atoms with Gasteiger partial charge in [-0.15, -0.1) is 0 Å². The second-order valence-electron chi connectivity index (χ2n) is 9.27. The zero-order chi connectivity index (χ0) is 24.8. The summed E-state index contributed by atoms with van der Waals surface area (Å²) in [4.78, 5) is 8.61. The van der Waals surface area contributed by atoms with Crippen LogP contribution < -0.4 is 10.6 Å². The quantitative estimate of drug-likeness (QED) is 0.213. The van der Waals surface area contributed by atoms with Gasteiger partial charge in [0.2, 0.25) is 0 Å². The summed E-state index contributed by atoms with van der Waals surface area (Å²) in [5, 5.41) is 15.9. The molecular weight excluding hydrogens is 432 g/mol. The first-order valence-corrected chi connectivity index (χ1v) is 12.1. The van der Waals surface area contributed by atoms with Gasteiger partial charge >= 0.3 is 0 Å². The fourth-order valence-corrected chi connectivity index (χ4v) is 3.99. The lowest BCUT2D eigenvalue weighted by Crippen LogP contribution is -2.09. The van der Waals surface area contributed by atoms with Gasteiger partial charge in [-0.1, -0.05) is 60.7 Å². The predicted octanol–water partition coefficient (Wildman–Crippen LogP) is 7.06. The number of imidazole rings is 1. The minimum atomic E-state index is 0.0314. The van der Waals surface area contributed by atoms with Crippen molar-refractivity contribution >= 4 is 17.5 Å². The summed E-state index contributed by atoms with van der Waals surface area (Å²) < 4.78 is 0. The Balaban J connectivity index is 1.73. The van der Waals surface area contributed by atoms with E-state index in [9.17, 15) is 0 Å². The van der Waals surface area contributed by atoms with Gasteiger partial charge in [0.1, 0.15) is 5.82 Å². The van der Waals surface area contributed by atoms with Crippen molar-refractivity contribution in [1.29, 1.82) is 0 Å². The fraction of sp³-hybridized carbons (Fsp3) is 0.233. The van der Waals surface area contributed by atoms with Gasteiger partial charge in [0, 0.05) is 40.1 Å². The fourth-order valence-electron chi connectivity index (χ4n) is 3.99. The number of nitrogens with one attached hydrogen (secondary N) is 3. The van der Waals surface area contributed by atoms with Crippen LogP contribution in [0, 0.1) is 0 Å². The SMILES string of the molecule is CC(C)Nc1ccc(-c2nc(-c3ccc(/C=C/CO)cc3)[nH]c2-c2ccc(NC(C)C)cc2)cc1. The standard InChI is InChI=1S/C30H34N4O/c1-20(2)31-26-15-11-23(12-16-26)28-29(24-13-17-27(18-14-24)32-21(3)4)34-30(33-28)25-9-7-22(8-10-25)6-5-19-35/h5-18,20-21,31-32,35H,19H2,1-4H3,(H,33,34)/b6-5+. The van der Waals surface area contributed by atoms with E-state index in [1.54, 1.807) is 6.08 Å². The molecule has 0 aliphatic heterocycles. The van der Waals surface area contributed by atoms with Gasteiger partial charge in [-0.2, -0.15) is 0 Å². The number of aromatic amines is 1. The third-order valence-corrected chi connectivity index (χ3v) is 5.55. The summed E-state index contributed by atoms with van der Waals surface area (Å²) in [6.07, 6.45) is 3.63. The normalized spacial score (nSPS) is 11.5. The molecule has 35 heavy (non-hydrogen) atoms. The molecule has 0 saturated heterocycles. The van der Waals surface area contributed by atoms with Crippen LogP contribution in [0.5, 0.6) is 0 Å². The molecule has 0 aliphatic rings. The molecule has 0 aliphatic carbocycles. The van der Waals surface area contributed by atoms with Gasteiger partial charge in [-0.05, 0) is 57.5 Å². The number of hydrogen-bond acceptors (Lipinski definition) is 4. The first kappa shape index (κ1) is 24.3. The second-order valence-corrected chi connectivity index (χ2v) is 9.27. The van der Waals surface area contributed by atoms with Crippen LogP contribution in [-0.2, 0) is 0 Å². The maximum atomic E-state index is 9.02. The van der Waals surface area contributed by atoms with Crippen LogP contribution in [0.3, 0.4) is 0 Å². The average molecular weight is 467 g/mol. The van der Waals surface area contributed by atoms with Gasteiger partial charge < -0.3 is 20.7 Å². The highest BCUT2D eigenvalue weighted by molar-refractivity contribution is 5.82. The number of hydrogen-bond donors (Lipinski definition) is 4. The van der Waals surface area contributed by atoms with E-state index in [4.69, 9.17) is 10.1 Å². The molecule has 0 spiro atoms. The van der Waals surface area contributed by atoms with E-state index in [1.165, 1.54) is 0 Å². The number of nitrogens with zero attached hydrogens (tertiary/aromatic N) is 1. The molecule has 3 aromatic carbocycles. The molecule has 0 atom stereocenters. The second kappa shape index (κ2) is 11.1. The Hall–Kier alpha value is -3.83. The van der Waals surface area contributed by atoms with Crippen molar-refractivity contribution in [2.75, 3.05) is 17.2 Å². The third kappa shape index (κ3) is 6.19. The van der Waals surface area contributed by atoms with Gasteiger partial charge in [-0.25, -0.2) is 4.98 Å². The van der Waals surface area contributed by atoms with Crippen LogP contribution in [0.25, 0.3) is 40.0 Å². The van der Waals surface area contributed by atoms with Crippen LogP contribution in [-0.4, -0.2) is 33.8 Å². The lowest BCUT2D eigenvalue weighted by molar-refractivity contribution is 0.343. The first-order chi connectivity index (χ1) is 16.9. The Bertz CT molecular complexity index is 1180. The van der Waals surface area contributed by atoms with E-state index < -0.39 is 0 Å². The number of benzene rings is 3. The molecule has 1 aromatic heterocycles. The molecule has 1 heterocycles. The van der Waals surface area contributed by atoms with Crippen LogP contribution in [0.2, 0.25) is 0 Å². The van der Waals surface area contributed by atoms with E-state index in [0.717, 1.165) is 50.8 Å². The molecule has 5 nitrogen and oxygen atoms in total. The molecule has 180 valence electrons. The highest BCUT2D eigenvalue weighted by Crippen LogP contribution is 2.34. The Kier molecular flexibility index (Phi) is 7.68. The minimum absolute atomic E-state index is 0.0314. The number of aromatic nitrogens is 2. The molecule has 0 radical (unpaired) electrons. The molecular formula is C30H34N4O. The highest BCUT2D eigenvalue weighted by atomic mass is 16.2. The van der Waals surface area contributed by atoms with Crippen molar-refractivity contribution in [2.45, 2.75) is 39.8 Å². The summed E-state index contributed by atoms with van der Waals surface area (Å²) in [6.45, 7) is 8.57. The first-order valence-electron chi connectivity index (χ1n) is 12.1. The van der Waals surface area contributed by atoms with Gasteiger partial charge in [-0.3, -0.25) is 0 Å². The van der Waals surface area contributed by atoms with Crippen molar-refractivity contribution in [1.82, 2.24) is 9.97 Å². The van der Waals surface area contributed by atoms with Gasteiger partial charge in [0.15, 0.2) is 0 Å². The lowest BCUT2D eigenvalue weighted by Gasteiger charge is -2.11. The summed E-state index contributed by atoms with van der Waals surface area (Å²) in [6, 6.07) is 25.8. The largest absolute Gasteiger partial charge is 0.392 e. The third-order valence-electron chi connectivity index (χ3n) is 5.55. The number of H-pyrrole nitrogens is 1. The van der Waals surface area contributed by atoms with Crippen molar-refractivity contribution in [3.05, 3.63) is 84.4 Å². The van der Waals surface area contributed by atoms with Crippen LogP contribution >= 0.6 is 0 Å². The number of aliphatic hydroxyl groups excluding tert-OH is 1. The Morgan fingerprint density at radius 2 is 1.26 bits per heavy atom. The smallest absolute Gasteiger partial charge is 0.138 e. The van der Waals surface area contributed by atoms with Crippen molar-refractivity contribution in [3.8, 4) is 33.9 Å². The molecule has 4 aromatic rings. The lowest BCUT2D eigenvalue weighted by atomic mass is 10.0. The van der Waals surface area contributed by atoms with E-state index in [2.05, 4.69) is 104 Å². The average Bonchev–Trinajstić information content (AvgIpc) is 3.29. The van der Waals surface area contributed by atoms with Crippen molar-refractivity contribution < 1.29 is 5.11 Å². The van der Waals surface area contributed by atoms with Crippen molar-refractivity contribution in [2.24, 2.45) is 0 Å². The zero-order valence-corrected chi connectivity index (χ0v) is 20.8. The van der Waals surface area contributed by atoms with Gasteiger partial charge in [0.25, 0.3) is 0 Å². The van der Waals surface area contributed by atoms with Crippen LogP contribution in [0.4, 0.5) is 11.4 Å². The summed E-state index contributed by atoms with van der Waals surface area (Å²) in [5.41, 5.74) is 8.29.